The minimum atomic E-state index is -4.86. The Balaban J connectivity index is 1.81. The molecule has 0 N–H and O–H groups in total. The van der Waals surface area contributed by atoms with Gasteiger partial charge in [0.15, 0.2) is 5.78 Å². The lowest BCUT2D eigenvalue weighted by Crippen LogP contribution is -2.25. The van der Waals surface area contributed by atoms with E-state index in [-0.39, 0.29) is 11.5 Å². The van der Waals surface area contributed by atoms with E-state index in [0.717, 1.165) is 31.0 Å². The number of carbonyl (C=O) groups is 1. The first-order chi connectivity index (χ1) is 10.3. The number of alkyl halides is 3. The van der Waals surface area contributed by atoms with Gasteiger partial charge in [-0.1, -0.05) is 0 Å². The third-order valence-corrected chi connectivity index (χ3v) is 5.72. The van der Waals surface area contributed by atoms with Crippen molar-refractivity contribution < 1.29 is 27.1 Å². The fraction of sp³-hybridized carbons (Fsp3) is 0.533. The van der Waals surface area contributed by atoms with Gasteiger partial charge >= 0.3 is 6.36 Å². The van der Waals surface area contributed by atoms with Crippen molar-refractivity contribution in [2.45, 2.75) is 42.5 Å². The highest BCUT2D eigenvalue weighted by Gasteiger charge is 2.39. The van der Waals surface area contributed by atoms with Crippen LogP contribution in [0.3, 0.4) is 0 Å². The topological polar surface area (TPSA) is 26.3 Å². The van der Waals surface area contributed by atoms with E-state index in [9.17, 15) is 22.4 Å². The smallest absolute Gasteiger partial charge is 0.406 e. The van der Waals surface area contributed by atoms with Gasteiger partial charge in [0.1, 0.15) is 11.6 Å². The number of thioether (sulfide) groups is 1. The summed E-state index contributed by atoms with van der Waals surface area (Å²) in [4.78, 5) is 12.5. The molecule has 2 aliphatic heterocycles. The van der Waals surface area contributed by atoms with Crippen LogP contribution in [-0.4, -0.2) is 22.6 Å². The number of rotatable bonds is 3. The highest BCUT2D eigenvalue weighted by molar-refractivity contribution is 8.00. The van der Waals surface area contributed by atoms with Gasteiger partial charge < -0.3 is 4.74 Å². The number of benzene rings is 1. The molecule has 0 radical (unpaired) electrons. The summed E-state index contributed by atoms with van der Waals surface area (Å²) < 4.78 is 54.3. The lowest BCUT2D eigenvalue weighted by Gasteiger charge is -2.26. The average molecular weight is 334 g/mol. The van der Waals surface area contributed by atoms with Gasteiger partial charge in [-0.15, -0.1) is 13.2 Å². The number of carbonyl (C=O) groups excluding carboxylic acids is 1. The van der Waals surface area contributed by atoms with E-state index in [4.69, 9.17) is 0 Å². The molecule has 2 atom stereocenters. The van der Waals surface area contributed by atoms with Crippen LogP contribution < -0.4 is 4.74 Å². The minimum Gasteiger partial charge on any atom is -0.406 e. The van der Waals surface area contributed by atoms with Crippen LogP contribution in [0.25, 0.3) is 0 Å². The maximum absolute atomic E-state index is 13.9. The molecule has 2 aliphatic rings. The van der Waals surface area contributed by atoms with Gasteiger partial charge in [0.2, 0.25) is 0 Å². The van der Waals surface area contributed by atoms with Crippen LogP contribution in [-0.2, 0) is 0 Å². The molecule has 120 valence electrons. The van der Waals surface area contributed by atoms with Crippen molar-refractivity contribution in [2.75, 3.05) is 0 Å². The molecule has 3 rings (SSSR count). The van der Waals surface area contributed by atoms with Crippen LogP contribution in [0.4, 0.5) is 17.6 Å². The van der Waals surface area contributed by atoms with Gasteiger partial charge in [-0.25, -0.2) is 4.39 Å². The summed E-state index contributed by atoms with van der Waals surface area (Å²) in [6, 6.07) is 2.58. The Morgan fingerprint density at radius 1 is 1.18 bits per heavy atom. The van der Waals surface area contributed by atoms with E-state index in [1.165, 1.54) is 0 Å². The summed E-state index contributed by atoms with van der Waals surface area (Å²) >= 11 is 1.86. The molecule has 2 unspecified atom stereocenters. The summed E-state index contributed by atoms with van der Waals surface area (Å²) in [6.07, 6.45) is -1.41. The van der Waals surface area contributed by atoms with E-state index in [1.54, 1.807) is 0 Å². The maximum Gasteiger partial charge on any atom is 0.573 e. The third-order valence-electron chi connectivity index (χ3n) is 4.10. The molecule has 22 heavy (non-hydrogen) atoms. The van der Waals surface area contributed by atoms with Crippen LogP contribution in [0, 0.1) is 11.7 Å². The van der Waals surface area contributed by atoms with Gasteiger partial charge in [-0.2, -0.15) is 11.8 Å². The largest absolute Gasteiger partial charge is 0.573 e. The molecule has 2 saturated heterocycles. The van der Waals surface area contributed by atoms with E-state index in [0.29, 0.717) is 23.3 Å². The summed E-state index contributed by atoms with van der Waals surface area (Å²) in [7, 11) is 0. The van der Waals surface area contributed by atoms with Gasteiger partial charge in [-0.3, -0.25) is 4.79 Å². The zero-order chi connectivity index (χ0) is 15.9. The molecule has 0 aliphatic carbocycles. The molecule has 0 aromatic heterocycles. The van der Waals surface area contributed by atoms with Gasteiger partial charge in [-0.05, 0) is 43.9 Å². The van der Waals surface area contributed by atoms with E-state index >= 15 is 0 Å². The lowest BCUT2D eigenvalue weighted by molar-refractivity contribution is -0.274. The molecule has 0 amide bonds. The molecule has 2 nitrogen and oxygen atoms in total. The second-order valence-corrected chi connectivity index (χ2v) is 7.28. The summed E-state index contributed by atoms with van der Waals surface area (Å²) in [5.41, 5.74) is -0.307. The van der Waals surface area contributed by atoms with Crippen LogP contribution in [0.2, 0.25) is 0 Å². The molecule has 2 bridgehead atoms. The van der Waals surface area contributed by atoms with Gasteiger partial charge in [0.25, 0.3) is 0 Å². The number of hydrogen-bond donors (Lipinski definition) is 0. The van der Waals surface area contributed by atoms with Gasteiger partial charge in [0, 0.05) is 16.4 Å². The SMILES string of the molecule is O=C(c1cc(OC(F)(F)F)ccc1F)C1CC2CCC(C1)S2. The zero-order valence-electron chi connectivity index (χ0n) is 11.5. The predicted octanol–water partition coefficient (Wildman–Crippen LogP) is 4.58. The van der Waals surface area contributed by atoms with Crippen molar-refractivity contribution in [1.29, 1.82) is 0 Å². The second-order valence-electron chi connectivity index (χ2n) is 5.68. The monoisotopic (exact) mass is 334 g/mol. The normalized spacial score (nSPS) is 27.7. The number of halogens is 4. The molecule has 2 fully saturated rings. The highest BCUT2D eigenvalue weighted by Crippen LogP contribution is 2.46. The third kappa shape index (κ3) is 3.39. The molecular weight excluding hydrogens is 320 g/mol. The Labute approximate surface area is 129 Å². The number of ketones is 1. The number of fused-ring (bicyclic) bond motifs is 2. The Morgan fingerprint density at radius 3 is 2.41 bits per heavy atom. The van der Waals surface area contributed by atoms with Crippen molar-refractivity contribution in [1.82, 2.24) is 0 Å². The second kappa shape index (κ2) is 5.76. The average Bonchev–Trinajstić information content (AvgIpc) is 2.77. The standard InChI is InChI=1S/C15H14F4O2S/c16-13-4-1-9(21-15(17,18)19)7-12(13)14(20)8-5-10-2-3-11(6-8)22-10/h1,4,7-8,10-11H,2-3,5-6H2. The molecule has 2 heterocycles. The van der Waals surface area contributed by atoms with Crippen LogP contribution in [0.1, 0.15) is 36.0 Å². The van der Waals surface area contributed by atoms with E-state index < -0.39 is 23.7 Å². The Kier molecular flexibility index (Phi) is 4.09. The van der Waals surface area contributed by atoms with Crippen LogP contribution in [0.15, 0.2) is 18.2 Å². The Morgan fingerprint density at radius 2 is 1.82 bits per heavy atom. The first-order valence-electron chi connectivity index (χ1n) is 7.07. The predicted molar refractivity (Wildman–Crippen MR) is 74.5 cm³/mol. The first-order valence-corrected chi connectivity index (χ1v) is 8.01. The van der Waals surface area contributed by atoms with Crippen molar-refractivity contribution in [3.05, 3.63) is 29.6 Å². The summed E-state index contributed by atoms with van der Waals surface area (Å²) in [5, 5.41) is 0.815. The van der Waals surface area contributed by atoms with Crippen molar-refractivity contribution in [3.63, 3.8) is 0 Å². The summed E-state index contributed by atoms with van der Waals surface area (Å²) in [6.45, 7) is 0. The van der Waals surface area contributed by atoms with Crippen molar-refractivity contribution >= 4 is 17.5 Å². The number of ether oxygens (including phenoxy) is 1. The minimum absolute atomic E-state index is 0.307. The van der Waals surface area contributed by atoms with Crippen molar-refractivity contribution in [2.24, 2.45) is 5.92 Å². The fourth-order valence-electron chi connectivity index (χ4n) is 3.18. The number of hydrogen-bond acceptors (Lipinski definition) is 3. The first kappa shape index (κ1) is 15.6. The lowest BCUT2D eigenvalue weighted by atomic mass is 9.90. The molecule has 1 aromatic carbocycles. The quantitative estimate of drug-likeness (QED) is 0.598. The fourth-order valence-corrected chi connectivity index (χ4v) is 4.96. The Hall–Kier alpha value is -1.24. The van der Waals surface area contributed by atoms with E-state index in [2.05, 4.69) is 4.74 Å². The molecule has 7 heteroatoms. The molecular formula is C15H14F4O2S. The summed E-state index contributed by atoms with van der Waals surface area (Å²) in [5.74, 6) is -2.09. The maximum atomic E-state index is 13.9. The van der Waals surface area contributed by atoms with E-state index in [1.807, 2.05) is 11.8 Å². The van der Waals surface area contributed by atoms with Crippen molar-refractivity contribution in [3.8, 4) is 5.75 Å². The highest BCUT2D eigenvalue weighted by atomic mass is 32.2. The molecule has 0 spiro atoms. The molecule has 0 saturated carbocycles. The Bertz CT molecular complexity index is 575. The zero-order valence-corrected chi connectivity index (χ0v) is 12.3. The van der Waals surface area contributed by atoms with Gasteiger partial charge in [0.05, 0.1) is 5.56 Å². The van der Waals surface area contributed by atoms with Crippen LogP contribution >= 0.6 is 11.8 Å². The number of Topliss-reactive ketones (excluding diaryl/α,β-unsaturated/α-hetero) is 1. The van der Waals surface area contributed by atoms with Crippen LogP contribution in [0.5, 0.6) is 5.75 Å². The molecule has 1 aromatic rings.